The van der Waals surface area contributed by atoms with Gasteiger partial charge in [0.05, 0.1) is 18.2 Å². The summed E-state index contributed by atoms with van der Waals surface area (Å²) in [5.74, 6) is 0.677. The lowest BCUT2D eigenvalue weighted by atomic mass is 9.81. The van der Waals surface area contributed by atoms with Crippen molar-refractivity contribution in [1.29, 1.82) is 0 Å². The molecule has 238 valence electrons. The first kappa shape index (κ1) is 29.0. The zero-order valence-electron chi connectivity index (χ0n) is 25.9. The monoisotopic (exact) mass is 631 g/mol. The van der Waals surface area contributed by atoms with Crippen molar-refractivity contribution in [2.24, 2.45) is 10.6 Å². The van der Waals surface area contributed by atoms with Crippen LogP contribution >= 0.6 is 0 Å². The molecule has 2 amide bonds. The molecule has 8 rings (SSSR count). The minimum Gasteiger partial charge on any atom is -0.497 e. The molecule has 2 aliphatic carbocycles. The molecule has 5 aliphatic rings. The van der Waals surface area contributed by atoms with Crippen molar-refractivity contribution in [3.8, 4) is 17.0 Å². The van der Waals surface area contributed by atoms with Gasteiger partial charge in [0, 0.05) is 59.7 Å². The number of hydrogen-bond donors (Lipinski definition) is 2. The van der Waals surface area contributed by atoms with Crippen molar-refractivity contribution < 1.29 is 22.7 Å². The minimum absolute atomic E-state index is 0.0690. The van der Waals surface area contributed by atoms with Gasteiger partial charge in [0.25, 0.3) is 16.1 Å². The van der Waals surface area contributed by atoms with Crippen LogP contribution in [0.5, 0.6) is 5.75 Å². The third-order valence-corrected chi connectivity index (χ3v) is 11.9. The zero-order chi connectivity index (χ0) is 31.2. The van der Waals surface area contributed by atoms with E-state index in [1.165, 1.54) is 24.8 Å². The molecule has 2 saturated heterocycles. The lowest BCUT2D eigenvalue weighted by molar-refractivity contribution is -0.140. The molecule has 4 fully saturated rings. The van der Waals surface area contributed by atoms with Gasteiger partial charge in [-0.05, 0) is 79.6 Å². The standard InChI is InChI=1S/C34H41N5O5S/c1-3-37-17-23-14-22(37)18-38(23)33(41)34-16-28(34)27-15-24(44-2)10-12-25(27)31-30(20-7-5-4-6-8-20)26-11-9-21(13-29(26)39(31)19-34)32(40)36-45(35,42)43/h9-13,15,20,22-23,28H,3-8,14,16-19H2,1-2H3,(H,36,40)(H2,35,42,43). The van der Waals surface area contributed by atoms with Gasteiger partial charge in [-0.15, -0.1) is 0 Å². The highest BCUT2D eigenvalue weighted by atomic mass is 32.2. The van der Waals surface area contributed by atoms with Crippen molar-refractivity contribution >= 4 is 32.9 Å². The molecule has 4 heterocycles. The van der Waals surface area contributed by atoms with Gasteiger partial charge in [-0.25, -0.2) is 9.86 Å². The second-order valence-corrected chi connectivity index (χ2v) is 15.1. The van der Waals surface area contributed by atoms with Crippen LogP contribution in [0.1, 0.15) is 85.2 Å². The summed E-state index contributed by atoms with van der Waals surface area (Å²) in [5.41, 5.74) is 5.16. The van der Waals surface area contributed by atoms with Gasteiger partial charge < -0.3 is 14.2 Å². The van der Waals surface area contributed by atoms with Gasteiger partial charge in [0.1, 0.15) is 5.75 Å². The van der Waals surface area contributed by atoms with E-state index in [9.17, 15) is 18.0 Å². The predicted molar refractivity (Wildman–Crippen MR) is 171 cm³/mol. The number of benzene rings is 2. The van der Waals surface area contributed by atoms with E-state index < -0.39 is 21.5 Å². The van der Waals surface area contributed by atoms with Gasteiger partial charge in [-0.1, -0.05) is 32.3 Å². The summed E-state index contributed by atoms with van der Waals surface area (Å²) < 4.78 is 33.4. The Kier molecular flexibility index (Phi) is 6.64. The van der Waals surface area contributed by atoms with Gasteiger partial charge in [-0.3, -0.25) is 14.5 Å². The number of likely N-dealkylation sites (N-methyl/N-ethyl adjacent to an activating group) is 1. The maximum atomic E-state index is 14.8. The average molecular weight is 632 g/mol. The van der Waals surface area contributed by atoms with E-state index in [0.29, 0.717) is 18.5 Å². The number of hydrogen-bond acceptors (Lipinski definition) is 6. The Morgan fingerprint density at radius 3 is 2.56 bits per heavy atom. The number of likely N-dealkylation sites (tertiary alicyclic amines) is 2. The normalized spacial score (nSPS) is 27.5. The van der Waals surface area contributed by atoms with Crippen LogP contribution in [0.15, 0.2) is 36.4 Å². The number of carbonyl (C=O) groups excluding carboxylic acids is 2. The Bertz CT molecular complexity index is 1850. The highest BCUT2D eigenvalue weighted by molar-refractivity contribution is 7.87. The van der Waals surface area contributed by atoms with E-state index in [2.05, 4.69) is 33.4 Å². The van der Waals surface area contributed by atoms with Crippen LogP contribution in [0, 0.1) is 5.41 Å². The number of nitrogens with two attached hydrogens (primary N) is 1. The Balaban J connectivity index is 1.32. The van der Waals surface area contributed by atoms with Gasteiger partial charge in [0.15, 0.2) is 0 Å². The molecule has 0 radical (unpaired) electrons. The largest absolute Gasteiger partial charge is 0.497 e. The molecule has 3 aromatic rings. The summed E-state index contributed by atoms with van der Waals surface area (Å²) in [6.45, 7) is 5.43. The van der Waals surface area contributed by atoms with E-state index in [1.54, 1.807) is 19.2 Å². The van der Waals surface area contributed by atoms with E-state index in [0.717, 1.165) is 78.8 Å². The van der Waals surface area contributed by atoms with Crippen molar-refractivity contribution in [2.45, 2.75) is 82.3 Å². The summed E-state index contributed by atoms with van der Waals surface area (Å²) in [6.07, 6.45) is 7.53. The second-order valence-electron chi connectivity index (χ2n) is 13.8. The number of carbonyl (C=O) groups is 2. The van der Waals surface area contributed by atoms with Crippen LogP contribution in [-0.4, -0.2) is 73.4 Å². The molecule has 4 atom stereocenters. The number of ether oxygens (including phenoxy) is 1. The van der Waals surface area contributed by atoms with Crippen molar-refractivity contribution in [3.05, 3.63) is 53.1 Å². The Labute approximate surface area is 264 Å². The van der Waals surface area contributed by atoms with Crippen LogP contribution in [0.25, 0.3) is 22.2 Å². The molecular weight excluding hydrogens is 590 g/mol. The number of nitrogens with zero attached hydrogens (tertiary/aromatic N) is 3. The number of aromatic nitrogens is 1. The fraction of sp³-hybridized carbons (Fsp3) is 0.529. The predicted octanol–water partition coefficient (Wildman–Crippen LogP) is 4.09. The molecule has 3 aliphatic heterocycles. The third kappa shape index (κ3) is 4.52. The maximum Gasteiger partial charge on any atom is 0.298 e. The molecule has 2 aromatic carbocycles. The fourth-order valence-electron chi connectivity index (χ4n) is 9.28. The van der Waals surface area contributed by atoms with Crippen molar-refractivity contribution in [1.82, 2.24) is 19.1 Å². The molecule has 0 spiro atoms. The molecule has 3 N–H and O–H groups in total. The molecule has 4 unspecified atom stereocenters. The van der Waals surface area contributed by atoms with Crippen LogP contribution < -0.4 is 14.6 Å². The van der Waals surface area contributed by atoms with Gasteiger partial charge in [-0.2, -0.15) is 8.42 Å². The lowest BCUT2D eigenvalue weighted by Crippen LogP contribution is -2.51. The maximum absolute atomic E-state index is 14.8. The molecule has 11 heteroatoms. The second kappa shape index (κ2) is 10.3. The van der Waals surface area contributed by atoms with Crippen molar-refractivity contribution in [2.75, 3.05) is 26.7 Å². The number of fused-ring (bicyclic) bond motifs is 9. The summed E-state index contributed by atoms with van der Waals surface area (Å²) in [6, 6.07) is 12.4. The van der Waals surface area contributed by atoms with E-state index in [4.69, 9.17) is 9.88 Å². The van der Waals surface area contributed by atoms with E-state index in [-0.39, 0.29) is 23.4 Å². The molecule has 45 heavy (non-hydrogen) atoms. The SMILES string of the molecule is CCN1CC2CC1CN2C(=O)C12CC1c1cc(OC)ccc1-c1c(C3CCCCC3)c3ccc(C(=O)NS(N)(=O)=O)cc3n1C2. The number of rotatable bonds is 6. The van der Waals surface area contributed by atoms with E-state index in [1.807, 2.05) is 16.9 Å². The number of amides is 2. The third-order valence-electron chi connectivity index (χ3n) is 11.5. The first-order valence-corrected chi connectivity index (χ1v) is 17.9. The lowest BCUT2D eigenvalue weighted by Gasteiger charge is -2.36. The Morgan fingerprint density at radius 1 is 1.07 bits per heavy atom. The van der Waals surface area contributed by atoms with Crippen LogP contribution in [-0.2, 0) is 21.5 Å². The van der Waals surface area contributed by atoms with Crippen LogP contribution in [0.3, 0.4) is 0 Å². The quantitative estimate of drug-likeness (QED) is 0.422. The number of nitrogens with one attached hydrogen (secondary N) is 1. The minimum atomic E-state index is -4.22. The highest BCUT2D eigenvalue weighted by Gasteiger charge is 2.65. The highest BCUT2D eigenvalue weighted by Crippen LogP contribution is 2.66. The first-order chi connectivity index (χ1) is 21.6. The van der Waals surface area contributed by atoms with Crippen LogP contribution in [0.4, 0.5) is 0 Å². The molecular formula is C34H41N5O5S. The summed E-state index contributed by atoms with van der Waals surface area (Å²) in [7, 11) is -2.54. The van der Waals surface area contributed by atoms with E-state index >= 15 is 0 Å². The first-order valence-electron chi connectivity index (χ1n) is 16.4. The fourth-order valence-corrected chi connectivity index (χ4v) is 9.66. The number of piperazine rings is 1. The average Bonchev–Trinajstić information content (AvgIpc) is 3.27. The topological polar surface area (TPSA) is 127 Å². The zero-order valence-corrected chi connectivity index (χ0v) is 26.7. The summed E-state index contributed by atoms with van der Waals surface area (Å²) in [5, 5.41) is 6.21. The molecule has 2 bridgehead atoms. The summed E-state index contributed by atoms with van der Waals surface area (Å²) in [4.78, 5) is 32.4. The molecule has 2 saturated carbocycles. The summed E-state index contributed by atoms with van der Waals surface area (Å²) >= 11 is 0. The number of methoxy groups -OCH3 is 1. The van der Waals surface area contributed by atoms with Gasteiger partial charge >= 0.3 is 0 Å². The Morgan fingerprint density at radius 2 is 1.87 bits per heavy atom. The smallest absolute Gasteiger partial charge is 0.298 e. The Hall–Kier alpha value is -3.41. The van der Waals surface area contributed by atoms with Crippen molar-refractivity contribution in [3.63, 3.8) is 0 Å². The molecule has 1 aromatic heterocycles. The van der Waals surface area contributed by atoms with Crippen LogP contribution in [0.2, 0.25) is 0 Å². The molecule has 10 nitrogen and oxygen atoms in total. The van der Waals surface area contributed by atoms with Gasteiger partial charge in [0.2, 0.25) is 5.91 Å².